The molecule has 0 saturated carbocycles. The van der Waals surface area contributed by atoms with Gasteiger partial charge in [0.15, 0.2) is 12.5 Å². The van der Waals surface area contributed by atoms with E-state index in [1.54, 1.807) is 13.2 Å². The van der Waals surface area contributed by atoms with Gasteiger partial charge in [0.1, 0.15) is 11.8 Å². The predicted octanol–water partition coefficient (Wildman–Crippen LogP) is 3.49. The van der Waals surface area contributed by atoms with Gasteiger partial charge in [0.25, 0.3) is 0 Å². The number of thiophene rings is 1. The highest BCUT2D eigenvalue weighted by Crippen LogP contribution is 2.30. The number of H-pyrrole nitrogens is 1. The number of methoxy groups -OCH3 is 1. The lowest BCUT2D eigenvalue weighted by Gasteiger charge is -2.30. The molecule has 1 unspecified atom stereocenters. The van der Waals surface area contributed by atoms with Crippen molar-refractivity contribution in [3.63, 3.8) is 0 Å². The molecule has 2 N–H and O–H groups in total. The lowest BCUT2D eigenvalue weighted by Crippen LogP contribution is -3.12. The van der Waals surface area contributed by atoms with Crippen LogP contribution >= 0.6 is 35.2 Å². The van der Waals surface area contributed by atoms with Crippen molar-refractivity contribution in [2.45, 2.75) is 26.1 Å². The quantitative estimate of drug-likeness (QED) is 0.651. The summed E-state index contributed by atoms with van der Waals surface area (Å²) >= 11 is 13.5. The smallest absolute Gasteiger partial charge is 0.221 e. The van der Waals surface area contributed by atoms with Crippen molar-refractivity contribution in [2.75, 3.05) is 13.7 Å². The zero-order chi connectivity index (χ0) is 18.3. The summed E-state index contributed by atoms with van der Waals surface area (Å²) in [6.45, 7) is 4.12. The first-order chi connectivity index (χ1) is 12.6. The first-order valence-corrected chi connectivity index (χ1v) is 10.1. The minimum atomic E-state index is 0.444. The molecule has 26 heavy (non-hydrogen) atoms. The van der Waals surface area contributed by atoms with E-state index >= 15 is 0 Å². The summed E-state index contributed by atoms with van der Waals surface area (Å²) in [5.74, 6) is 1.39. The molecule has 8 heteroatoms. The van der Waals surface area contributed by atoms with Crippen LogP contribution in [0.3, 0.4) is 0 Å². The lowest BCUT2D eigenvalue weighted by molar-refractivity contribution is -0.954. The van der Waals surface area contributed by atoms with Gasteiger partial charge in [-0.2, -0.15) is 4.98 Å². The summed E-state index contributed by atoms with van der Waals surface area (Å²) in [7, 11) is 1.64. The largest absolute Gasteiger partial charge is 0.496 e. The van der Waals surface area contributed by atoms with Crippen LogP contribution in [0, 0.1) is 4.77 Å². The van der Waals surface area contributed by atoms with Crippen LogP contribution in [0.15, 0.2) is 29.6 Å². The molecule has 0 fully saturated rings. The number of ether oxygens (including phenoxy) is 1. The summed E-state index contributed by atoms with van der Waals surface area (Å²) in [5, 5.41) is 6.15. The summed E-state index contributed by atoms with van der Waals surface area (Å²) in [5.41, 5.74) is 2.27. The molecule has 0 amide bonds. The third kappa shape index (κ3) is 3.20. The molecule has 2 atom stereocenters. The van der Waals surface area contributed by atoms with Gasteiger partial charge in [-0.15, -0.1) is 11.3 Å². The van der Waals surface area contributed by atoms with Crippen molar-refractivity contribution in [3.05, 3.63) is 49.9 Å². The number of quaternary nitrogens is 1. The molecule has 4 rings (SSSR count). The SMILES string of the molecule is COc1ccc(Cl)cc1-c1nc(=S)n(C[NH+]2CCc3sccc3[C@@H]2C)[nH]1. The topological polar surface area (TPSA) is 47.3 Å². The van der Waals surface area contributed by atoms with Gasteiger partial charge in [0.2, 0.25) is 4.77 Å². The molecule has 1 aliphatic heterocycles. The predicted molar refractivity (Wildman–Crippen MR) is 107 cm³/mol. The van der Waals surface area contributed by atoms with Crippen LogP contribution in [0.25, 0.3) is 11.4 Å². The maximum Gasteiger partial charge on any atom is 0.221 e. The number of rotatable bonds is 4. The molecule has 0 radical (unpaired) electrons. The van der Waals surface area contributed by atoms with Gasteiger partial charge < -0.3 is 9.64 Å². The minimum absolute atomic E-state index is 0.444. The molecule has 1 aromatic carbocycles. The molecule has 3 aromatic rings. The average Bonchev–Trinajstić information content (AvgIpc) is 3.25. The third-order valence-electron chi connectivity index (χ3n) is 4.99. The summed E-state index contributed by atoms with van der Waals surface area (Å²) in [6.07, 6.45) is 1.11. The van der Waals surface area contributed by atoms with Crippen LogP contribution in [-0.2, 0) is 13.1 Å². The molecule has 5 nitrogen and oxygen atoms in total. The number of aromatic amines is 1. The van der Waals surface area contributed by atoms with Crippen molar-refractivity contribution in [1.82, 2.24) is 14.8 Å². The zero-order valence-corrected chi connectivity index (χ0v) is 17.0. The van der Waals surface area contributed by atoms with E-state index in [4.69, 9.17) is 28.6 Å². The Labute approximate surface area is 166 Å². The van der Waals surface area contributed by atoms with Gasteiger partial charge in [-0.25, -0.2) is 4.68 Å². The number of nitrogens with zero attached hydrogens (tertiary/aromatic N) is 2. The number of hydrogen-bond acceptors (Lipinski definition) is 4. The van der Waals surface area contributed by atoms with Crippen LogP contribution in [0.2, 0.25) is 5.02 Å². The van der Waals surface area contributed by atoms with Crippen molar-refractivity contribution in [1.29, 1.82) is 0 Å². The van der Waals surface area contributed by atoms with Crippen molar-refractivity contribution >= 4 is 35.2 Å². The van der Waals surface area contributed by atoms with Crippen LogP contribution in [0.4, 0.5) is 0 Å². The van der Waals surface area contributed by atoms with Gasteiger partial charge in [-0.05, 0) is 48.8 Å². The lowest BCUT2D eigenvalue weighted by atomic mass is 10.0. The first kappa shape index (κ1) is 17.7. The molecular formula is C18H20ClN4OS2+. The fourth-order valence-corrected chi connectivity index (χ4v) is 4.87. The molecule has 0 spiro atoms. The van der Waals surface area contributed by atoms with E-state index in [1.807, 2.05) is 28.2 Å². The highest BCUT2D eigenvalue weighted by Gasteiger charge is 2.28. The molecular weight excluding hydrogens is 388 g/mol. The summed E-state index contributed by atoms with van der Waals surface area (Å²) in [4.78, 5) is 7.51. The second-order valence-corrected chi connectivity index (χ2v) is 8.27. The number of aromatic nitrogens is 3. The Bertz CT molecular complexity index is 993. The van der Waals surface area contributed by atoms with Crippen molar-refractivity contribution in [3.8, 4) is 17.1 Å². The normalized spacial score (nSPS) is 19.3. The standard InChI is InChI=1S/C18H19ClN4OS2/c1-11-13-6-8-26-16(13)5-7-22(11)10-23-18(25)20-17(21-23)14-9-12(19)3-4-15(14)24-2/h3-4,6,8-9,11H,5,7,10H2,1-2H3,(H,20,21,25)/p+1/t11-/m0/s1. The van der Waals surface area contributed by atoms with Gasteiger partial charge in [0, 0.05) is 21.9 Å². The molecule has 0 bridgehead atoms. The van der Waals surface area contributed by atoms with E-state index in [0.717, 1.165) is 25.2 Å². The Hall–Kier alpha value is -1.67. The number of fused-ring (bicyclic) bond motifs is 1. The number of halogens is 1. The van der Waals surface area contributed by atoms with Gasteiger partial charge >= 0.3 is 0 Å². The maximum atomic E-state index is 6.15. The Balaban J connectivity index is 1.62. The Kier molecular flexibility index (Phi) is 4.88. The second kappa shape index (κ2) is 7.15. The van der Waals surface area contributed by atoms with Gasteiger partial charge in [-0.3, -0.25) is 5.10 Å². The van der Waals surface area contributed by atoms with Crippen LogP contribution in [0.1, 0.15) is 23.4 Å². The number of nitrogens with one attached hydrogen (secondary N) is 2. The van der Waals surface area contributed by atoms with E-state index in [-0.39, 0.29) is 0 Å². The fourth-order valence-electron chi connectivity index (χ4n) is 3.52. The summed E-state index contributed by atoms with van der Waals surface area (Å²) < 4.78 is 7.91. The molecule has 136 valence electrons. The third-order valence-corrected chi connectivity index (χ3v) is 6.53. The Morgan fingerprint density at radius 2 is 2.31 bits per heavy atom. The number of benzene rings is 1. The Morgan fingerprint density at radius 1 is 1.46 bits per heavy atom. The van der Waals surface area contributed by atoms with Crippen molar-refractivity contribution < 1.29 is 9.64 Å². The highest BCUT2D eigenvalue weighted by molar-refractivity contribution is 7.71. The fraction of sp³-hybridized carbons (Fsp3) is 0.333. The number of hydrogen-bond donors (Lipinski definition) is 2. The minimum Gasteiger partial charge on any atom is -0.496 e. The van der Waals surface area contributed by atoms with E-state index in [9.17, 15) is 0 Å². The highest BCUT2D eigenvalue weighted by atomic mass is 35.5. The van der Waals surface area contributed by atoms with Gasteiger partial charge in [-0.1, -0.05) is 11.6 Å². The van der Waals surface area contributed by atoms with E-state index in [2.05, 4.69) is 28.5 Å². The second-order valence-electron chi connectivity index (χ2n) is 6.46. The Morgan fingerprint density at radius 3 is 3.12 bits per heavy atom. The molecule has 1 aliphatic rings. The molecule has 3 heterocycles. The van der Waals surface area contributed by atoms with Crippen molar-refractivity contribution in [2.24, 2.45) is 0 Å². The monoisotopic (exact) mass is 407 g/mol. The molecule has 0 aliphatic carbocycles. The van der Waals surface area contributed by atoms with E-state index in [0.29, 0.717) is 27.4 Å². The zero-order valence-electron chi connectivity index (χ0n) is 14.6. The molecule has 2 aromatic heterocycles. The maximum absolute atomic E-state index is 6.15. The van der Waals surface area contributed by atoms with E-state index in [1.165, 1.54) is 15.3 Å². The molecule has 0 saturated heterocycles. The van der Waals surface area contributed by atoms with E-state index < -0.39 is 0 Å². The first-order valence-electron chi connectivity index (χ1n) is 8.48. The summed E-state index contributed by atoms with van der Waals surface area (Å²) in [6, 6.07) is 8.17. The average molecular weight is 408 g/mol. The van der Waals surface area contributed by atoms with Crippen LogP contribution in [-0.4, -0.2) is 28.4 Å². The van der Waals surface area contributed by atoms with Crippen LogP contribution in [0.5, 0.6) is 5.75 Å². The van der Waals surface area contributed by atoms with Gasteiger partial charge in [0.05, 0.1) is 19.2 Å². The van der Waals surface area contributed by atoms with Crippen LogP contribution < -0.4 is 9.64 Å².